The zero-order chi connectivity index (χ0) is 42.9. The number of aromatic nitrogens is 10. The molecule has 0 radical (unpaired) electrons. The predicted octanol–water partition coefficient (Wildman–Crippen LogP) is 8.56. The Morgan fingerprint density at radius 1 is 0.750 bits per heavy atom. The fraction of sp³-hybridized carbons (Fsp3) is 0.300. The van der Waals surface area contributed by atoms with Crippen LogP contribution < -0.4 is 0 Å². The second-order valence-electron chi connectivity index (χ2n) is 16.6. The van der Waals surface area contributed by atoms with Crippen molar-refractivity contribution in [2.75, 3.05) is 13.2 Å². The number of pyridine rings is 2. The van der Waals surface area contributed by atoms with Crippen molar-refractivity contribution in [3.05, 3.63) is 95.8 Å². The molecule has 312 valence electrons. The zero-order valence-electron chi connectivity index (χ0n) is 33.9. The number of imidazole rings is 2. The molecular formula is C40H43ClF2N10O5Si2. The maximum Gasteiger partial charge on any atom is 0.339 e. The van der Waals surface area contributed by atoms with Crippen LogP contribution in [-0.4, -0.2) is 94.6 Å². The summed E-state index contributed by atoms with van der Waals surface area (Å²) in [7, 11) is -2.40. The third-order valence-corrected chi connectivity index (χ3v) is 13.2. The number of carbonyl (C=O) groups is 2. The Morgan fingerprint density at radius 2 is 1.32 bits per heavy atom. The van der Waals surface area contributed by atoms with Crippen LogP contribution in [0, 0.1) is 11.6 Å². The Bertz CT molecular complexity index is 2880. The summed E-state index contributed by atoms with van der Waals surface area (Å²) < 4.78 is 44.9. The number of aromatic carboxylic acids is 1. The van der Waals surface area contributed by atoms with Crippen molar-refractivity contribution in [1.82, 2.24) is 47.8 Å². The molecule has 1 N–H and O–H groups in total. The lowest BCUT2D eigenvalue weighted by molar-refractivity contribution is 0.0695. The molecule has 8 aromatic heterocycles. The summed E-state index contributed by atoms with van der Waals surface area (Å²) in [4.78, 5) is 50.0. The van der Waals surface area contributed by atoms with Crippen molar-refractivity contribution in [2.45, 2.75) is 64.8 Å². The number of carboxylic acid groups (broad SMARTS) is 1. The molecule has 60 heavy (non-hydrogen) atoms. The number of aldehydes is 1. The highest BCUT2D eigenvalue weighted by Crippen LogP contribution is 2.29. The number of carbonyl (C=O) groups excluding carboxylic acids is 1. The number of nitrogens with zero attached hydrogens (tertiary/aromatic N) is 10. The highest BCUT2D eigenvalue weighted by atomic mass is 35.5. The molecule has 20 heteroatoms. The topological polar surface area (TPSA) is 169 Å². The summed E-state index contributed by atoms with van der Waals surface area (Å²) in [6, 6.07) is 7.91. The van der Waals surface area contributed by atoms with E-state index in [0.29, 0.717) is 76.1 Å². The summed E-state index contributed by atoms with van der Waals surface area (Å²) in [6.07, 6.45) is 11.1. The first-order valence-electron chi connectivity index (χ1n) is 19.0. The molecule has 0 spiro atoms. The number of hydrogen-bond donors (Lipinski definition) is 1. The van der Waals surface area contributed by atoms with Gasteiger partial charge in [0.05, 0.1) is 29.0 Å². The molecule has 15 nitrogen and oxygen atoms in total. The van der Waals surface area contributed by atoms with E-state index >= 15 is 0 Å². The highest BCUT2D eigenvalue weighted by Gasteiger charge is 2.22. The van der Waals surface area contributed by atoms with Gasteiger partial charge in [-0.05, 0) is 48.0 Å². The van der Waals surface area contributed by atoms with Gasteiger partial charge in [-0.1, -0.05) is 39.3 Å². The fourth-order valence-electron chi connectivity index (χ4n) is 6.26. The van der Waals surface area contributed by atoms with E-state index in [1.807, 2.05) is 0 Å². The summed E-state index contributed by atoms with van der Waals surface area (Å²) in [5.41, 5.74) is 5.21. The summed E-state index contributed by atoms with van der Waals surface area (Å²) >= 11 is 6.13. The lowest BCUT2D eigenvalue weighted by Crippen LogP contribution is -2.22. The van der Waals surface area contributed by atoms with Crippen LogP contribution in [0.4, 0.5) is 8.78 Å². The molecule has 0 saturated carbocycles. The molecule has 0 aromatic carbocycles. The smallest absolute Gasteiger partial charge is 0.339 e. The molecule has 8 heterocycles. The van der Waals surface area contributed by atoms with Gasteiger partial charge in [-0.2, -0.15) is 0 Å². The van der Waals surface area contributed by atoms with Gasteiger partial charge in [0, 0.05) is 54.1 Å². The van der Waals surface area contributed by atoms with E-state index in [9.17, 15) is 23.5 Å². The predicted molar refractivity (Wildman–Crippen MR) is 229 cm³/mol. The van der Waals surface area contributed by atoms with E-state index in [0.717, 1.165) is 18.4 Å². The third kappa shape index (κ3) is 9.34. The standard InChI is InChI=1S/C20H21ClFN5O3Si.C20H22FN5O2Si/c1-31(2,3)7-6-30-11-26-10-13(19(28)29)16-18(26)23-8-14(24-16)17-15-5-4-12(22)9-27(15)20(21)25-17;1-29(2,3)7-6-28-13-26-9-14(11-27)18-20(26)22-8-16(24-18)19-17-5-4-15(21)10-25(17)12-23-19/h4-5,8-10H,6-7,11H2,1-3H3,(H,28,29);4-5,8-12H,6-7,13H2,1-3H3. The van der Waals surface area contributed by atoms with Gasteiger partial charge >= 0.3 is 5.97 Å². The first-order chi connectivity index (χ1) is 28.5. The van der Waals surface area contributed by atoms with E-state index in [1.165, 1.54) is 53.7 Å². The average molecular weight is 873 g/mol. The van der Waals surface area contributed by atoms with E-state index in [1.54, 1.807) is 32.0 Å². The van der Waals surface area contributed by atoms with E-state index < -0.39 is 27.9 Å². The largest absolute Gasteiger partial charge is 0.478 e. The molecule has 0 bridgehead atoms. The normalized spacial score (nSPS) is 12.2. The molecule has 0 fully saturated rings. The van der Waals surface area contributed by atoms with Gasteiger partial charge < -0.3 is 28.1 Å². The monoisotopic (exact) mass is 872 g/mol. The van der Waals surface area contributed by atoms with Gasteiger partial charge in [0.15, 0.2) is 17.6 Å². The van der Waals surface area contributed by atoms with Gasteiger partial charge in [-0.15, -0.1) is 0 Å². The number of ether oxygens (including phenoxy) is 2. The number of hydrogen-bond acceptors (Lipinski definition) is 10. The maximum absolute atomic E-state index is 13.6. The molecule has 8 rings (SSSR count). The van der Waals surface area contributed by atoms with Crippen molar-refractivity contribution >= 4 is 73.4 Å². The Balaban J connectivity index is 0.000000182. The Kier molecular flexibility index (Phi) is 12.1. The first kappa shape index (κ1) is 42.4. The van der Waals surface area contributed by atoms with Crippen molar-refractivity contribution in [2.24, 2.45) is 0 Å². The minimum absolute atomic E-state index is 0.0128. The van der Waals surface area contributed by atoms with Crippen molar-refractivity contribution in [3.8, 4) is 22.8 Å². The molecule has 0 aliphatic carbocycles. The first-order valence-corrected chi connectivity index (χ1v) is 26.8. The fourth-order valence-corrected chi connectivity index (χ4v) is 8.00. The lowest BCUT2D eigenvalue weighted by atomic mass is 10.2. The SMILES string of the molecule is C[Si](C)(C)CCOCn1cc(C(=O)O)c2nc(-c3nc(Cl)n4cc(F)ccc34)cnc21.C[Si](C)(C)CCOCn1cc(C=O)c2nc(-c3ncn4cc(F)ccc34)cnc21. The number of halogens is 3. The molecule has 0 saturated heterocycles. The van der Waals surface area contributed by atoms with E-state index in [-0.39, 0.29) is 28.9 Å². The van der Waals surface area contributed by atoms with Crippen LogP contribution >= 0.6 is 11.6 Å². The number of carboxylic acids is 1. The molecule has 8 aromatic rings. The van der Waals surface area contributed by atoms with Crippen LogP contribution in [0.2, 0.25) is 56.7 Å². The van der Waals surface area contributed by atoms with Gasteiger partial charge in [0.2, 0.25) is 5.28 Å². The molecule has 0 unspecified atom stereocenters. The summed E-state index contributed by atoms with van der Waals surface area (Å²) in [5, 5.41) is 9.71. The van der Waals surface area contributed by atoms with Crippen LogP contribution in [-0.2, 0) is 22.9 Å². The third-order valence-electron chi connectivity index (χ3n) is 9.51. The van der Waals surface area contributed by atoms with Gasteiger partial charge in [0.1, 0.15) is 70.8 Å². The van der Waals surface area contributed by atoms with Gasteiger partial charge in [-0.3, -0.25) is 9.20 Å². The minimum atomic E-state index is -1.23. The van der Waals surface area contributed by atoms with E-state index in [4.69, 9.17) is 21.1 Å². The Morgan fingerprint density at radius 3 is 1.93 bits per heavy atom. The van der Waals surface area contributed by atoms with Crippen LogP contribution in [0.3, 0.4) is 0 Å². The van der Waals surface area contributed by atoms with Crippen LogP contribution in [0.1, 0.15) is 20.7 Å². The Labute approximate surface area is 349 Å². The molecule has 0 amide bonds. The zero-order valence-corrected chi connectivity index (χ0v) is 36.6. The summed E-state index contributed by atoms with van der Waals surface area (Å²) in [6.45, 7) is 15.4. The van der Waals surface area contributed by atoms with Crippen molar-refractivity contribution in [3.63, 3.8) is 0 Å². The average Bonchev–Trinajstić information content (AvgIpc) is 3.96. The van der Waals surface area contributed by atoms with Gasteiger partial charge in [-0.25, -0.2) is 43.5 Å². The quantitative estimate of drug-likeness (QED) is 0.0631. The number of fused-ring (bicyclic) bond motifs is 4. The molecule has 0 atom stereocenters. The highest BCUT2D eigenvalue weighted by molar-refractivity contribution is 6.76. The molecule has 0 aliphatic rings. The second-order valence-corrected chi connectivity index (χ2v) is 28.2. The Hall–Kier alpha value is -5.74. The van der Waals surface area contributed by atoms with Crippen molar-refractivity contribution in [1.29, 1.82) is 0 Å². The van der Waals surface area contributed by atoms with Crippen LogP contribution in [0.15, 0.2) is 67.8 Å². The minimum Gasteiger partial charge on any atom is -0.478 e. The van der Waals surface area contributed by atoms with Gasteiger partial charge in [0.25, 0.3) is 0 Å². The van der Waals surface area contributed by atoms with Crippen molar-refractivity contribution < 1.29 is 33.0 Å². The number of rotatable bonds is 14. The molecule has 0 aliphatic heterocycles. The summed E-state index contributed by atoms with van der Waals surface area (Å²) in [5.74, 6) is -1.93. The second kappa shape index (κ2) is 17.1. The van der Waals surface area contributed by atoms with Crippen LogP contribution in [0.5, 0.6) is 0 Å². The maximum atomic E-state index is 13.6. The van der Waals surface area contributed by atoms with E-state index in [2.05, 4.69) is 69.2 Å². The van der Waals surface area contributed by atoms with Crippen LogP contribution in [0.25, 0.3) is 56.1 Å². The molecular weight excluding hydrogens is 830 g/mol. The lowest BCUT2D eigenvalue weighted by Gasteiger charge is -2.15.